The SMILES string of the molecule is CN(C)S(=O)(=O)c1ccc(C(=O)Nc2nnc(SCc3cccc(C(F)(F)F)c3)s2)cc1. The van der Waals surface area contributed by atoms with Crippen molar-refractivity contribution in [3.63, 3.8) is 0 Å². The smallest absolute Gasteiger partial charge is 0.296 e. The zero-order valence-corrected chi connectivity index (χ0v) is 19.2. The highest BCUT2D eigenvalue weighted by Crippen LogP contribution is 2.32. The molecule has 0 saturated carbocycles. The van der Waals surface area contributed by atoms with Gasteiger partial charge in [-0.1, -0.05) is 41.3 Å². The third kappa shape index (κ3) is 5.85. The van der Waals surface area contributed by atoms with Gasteiger partial charge in [0.05, 0.1) is 10.5 Å². The molecular weight excluding hydrogens is 485 g/mol. The number of nitrogens with one attached hydrogen (secondary N) is 1. The maximum absolute atomic E-state index is 12.8. The van der Waals surface area contributed by atoms with E-state index in [4.69, 9.17) is 0 Å². The number of carbonyl (C=O) groups excluding carboxylic acids is 1. The fraction of sp³-hybridized carbons (Fsp3) is 0.211. The summed E-state index contributed by atoms with van der Waals surface area (Å²) in [6, 6.07) is 10.5. The van der Waals surface area contributed by atoms with Gasteiger partial charge in [0.15, 0.2) is 4.34 Å². The van der Waals surface area contributed by atoms with E-state index < -0.39 is 27.7 Å². The van der Waals surface area contributed by atoms with Crippen molar-refractivity contribution in [3.8, 4) is 0 Å². The Morgan fingerprint density at radius 2 is 1.81 bits per heavy atom. The van der Waals surface area contributed by atoms with E-state index >= 15 is 0 Å². The van der Waals surface area contributed by atoms with E-state index in [-0.39, 0.29) is 21.3 Å². The molecule has 0 fully saturated rings. The monoisotopic (exact) mass is 502 g/mol. The second-order valence-corrected chi connectivity index (χ2v) is 11.0. The van der Waals surface area contributed by atoms with Gasteiger partial charge in [0, 0.05) is 25.4 Å². The van der Waals surface area contributed by atoms with Crippen molar-refractivity contribution in [1.29, 1.82) is 0 Å². The topological polar surface area (TPSA) is 92.3 Å². The standard InChI is InChI=1S/C19H17F3N4O3S3/c1-26(2)32(28,29)15-8-6-13(7-9-15)16(27)23-17-24-25-18(31-17)30-11-12-4-3-5-14(10-12)19(20,21)22/h3-10H,11H2,1-2H3,(H,23,24,27). The summed E-state index contributed by atoms with van der Waals surface area (Å²) in [6.07, 6.45) is -4.41. The summed E-state index contributed by atoms with van der Waals surface area (Å²) >= 11 is 2.28. The van der Waals surface area contributed by atoms with Crippen LogP contribution in [0, 0.1) is 0 Å². The first kappa shape index (κ1) is 24.2. The number of thioether (sulfide) groups is 1. The van der Waals surface area contributed by atoms with Gasteiger partial charge in [-0.15, -0.1) is 10.2 Å². The molecule has 0 aliphatic heterocycles. The van der Waals surface area contributed by atoms with Crippen LogP contribution in [0.1, 0.15) is 21.5 Å². The minimum Gasteiger partial charge on any atom is -0.296 e. The molecule has 1 aromatic heterocycles. The normalized spacial score (nSPS) is 12.2. The van der Waals surface area contributed by atoms with E-state index in [2.05, 4.69) is 15.5 Å². The van der Waals surface area contributed by atoms with E-state index in [1.807, 2.05) is 0 Å². The van der Waals surface area contributed by atoms with Gasteiger partial charge in [-0.25, -0.2) is 12.7 Å². The Hall–Kier alpha value is -2.48. The lowest BCUT2D eigenvalue weighted by Crippen LogP contribution is -2.22. The molecule has 0 aliphatic carbocycles. The van der Waals surface area contributed by atoms with Crippen molar-refractivity contribution in [1.82, 2.24) is 14.5 Å². The predicted octanol–water partition coefficient (Wildman–Crippen LogP) is 4.35. The van der Waals surface area contributed by atoms with Crippen LogP contribution in [0.15, 0.2) is 57.8 Å². The van der Waals surface area contributed by atoms with E-state index in [0.717, 1.165) is 27.8 Å². The van der Waals surface area contributed by atoms with Crippen LogP contribution in [0.25, 0.3) is 0 Å². The maximum atomic E-state index is 12.8. The Balaban J connectivity index is 1.61. The van der Waals surface area contributed by atoms with Crippen molar-refractivity contribution in [3.05, 3.63) is 65.2 Å². The molecule has 0 unspecified atom stereocenters. The summed E-state index contributed by atoms with van der Waals surface area (Å²) in [5.74, 6) is -0.238. The Labute approximate surface area is 190 Å². The van der Waals surface area contributed by atoms with Gasteiger partial charge in [0.25, 0.3) is 5.91 Å². The van der Waals surface area contributed by atoms with Crippen LogP contribution in [0.5, 0.6) is 0 Å². The number of alkyl halides is 3. The molecule has 0 bridgehead atoms. The molecule has 0 saturated heterocycles. The predicted molar refractivity (Wildman–Crippen MR) is 116 cm³/mol. The molecule has 0 radical (unpaired) electrons. The minimum atomic E-state index is -4.41. The number of anilines is 1. The number of nitrogens with zero attached hydrogens (tertiary/aromatic N) is 3. The Morgan fingerprint density at radius 1 is 1.12 bits per heavy atom. The average Bonchev–Trinajstić information content (AvgIpc) is 3.19. The molecule has 3 rings (SSSR count). The maximum Gasteiger partial charge on any atom is 0.416 e. The largest absolute Gasteiger partial charge is 0.416 e. The number of rotatable bonds is 7. The van der Waals surface area contributed by atoms with Gasteiger partial charge in [-0.05, 0) is 35.9 Å². The number of halogens is 3. The molecule has 0 aliphatic rings. The average molecular weight is 503 g/mol. The third-order valence-electron chi connectivity index (χ3n) is 4.14. The summed E-state index contributed by atoms with van der Waals surface area (Å²) < 4.78 is 64.2. The van der Waals surface area contributed by atoms with Crippen molar-refractivity contribution in [2.75, 3.05) is 19.4 Å². The molecule has 32 heavy (non-hydrogen) atoms. The van der Waals surface area contributed by atoms with Gasteiger partial charge in [0.2, 0.25) is 15.2 Å². The fourth-order valence-electron chi connectivity index (χ4n) is 2.46. The summed E-state index contributed by atoms with van der Waals surface area (Å²) in [7, 11) is -0.777. The minimum absolute atomic E-state index is 0.0586. The fourth-order valence-corrected chi connectivity index (χ4v) is 5.05. The lowest BCUT2D eigenvalue weighted by atomic mass is 10.1. The Bertz CT molecular complexity index is 1210. The molecule has 1 heterocycles. The number of hydrogen-bond acceptors (Lipinski definition) is 7. The first-order valence-electron chi connectivity index (χ1n) is 8.93. The molecule has 1 N–H and O–H groups in total. The number of amides is 1. The molecular formula is C19H17F3N4O3S3. The third-order valence-corrected chi connectivity index (χ3v) is 8.01. The molecule has 0 spiro atoms. The highest BCUT2D eigenvalue weighted by molar-refractivity contribution is 8.00. The molecule has 3 aromatic rings. The molecule has 1 amide bonds. The number of carbonyl (C=O) groups is 1. The van der Waals surface area contributed by atoms with Crippen LogP contribution in [-0.2, 0) is 22.0 Å². The van der Waals surface area contributed by atoms with E-state index in [0.29, 0.717) is 9.90 Å². The van der Waals surface area contributed by atoms with Gasteiger partial charge < -0.3 is 0 Å². The van der Waals surface area contributed by atoms with Crippen molar-refractivity contribution in [2.24, 2.45) is 0 Å². The highest BCUT2D eigenvalue weighted by atomic mass is 32.2. The zero-order valence-electron chi connectivity index (χ0n) is 16.8. The summed E-state index contributed by atoms with van der Waals surface area (Å²) in [5, 5.41) is 10.6. The molecule has 2 aromatic carbocycles. The number of hydrogen-bond donors (Lipinski definition) is 1. The van der Waals surface area contributed by atoms with Gasteiger partial charge >= 0.3 is 6.18 Å². The van der Waals surface area contributed by atoms with Crippen molar-refractivity contribution in [2.45, 2.75) is 21.2 Å². The zero-order chi connectivity index (χ0) is 23.5. The Kier molecular flexibility index (Phi) is 7.22. The van der Waals surface area contributed by atoms with Gasteiger partial charge in [-0.2, -0.15) is 13.2 Å². The molecule has 13 heteroatoms. The number of benzene rings is 2. The lowest BCUT2D eigenvalue weighted by Gasteiger charge is -2.11. The summed E-state index contributed by atoms with van der Waals surface area (Å²) in [4.78, 5) is 12.4. The highest BCUT2D eigenvalue weighted by Gasteiger charge is 2.30. The van der Waals surface area contributed by atoms with Gasteiger partial charge in [-0.3, -0.25) is 10.1 Å². The van der Waals surface area contributed by atoms with Crippen LogP contribution in [0.2, 0.25) is 0 Å². The van der Waals surface area contributed by atoms with Crippen LogP contribution < -0.4 is 5.32 Å². The van der Waals surface area contributed by atoms with Crippen LogP contribution in [0.4, 0.5) is 18.3 Å². The number of sulfonamides is 1. The second kappa shape index (κ2) is 9.57. The lowest BCUT2D eigenvalue weighted by molar-refractivity contribution is -0.137. The van der Waals surface area contributed by atoms with E-state index in [1.54, 1.807) is 6.07 Å². The molecule has 0 atom stereocenters. The summed E-state index contributed by atoms with van der Waals surface area (Å²) in [5.41, 5.74) is -0.000307. The van der Waals surface area contributed by atoms with Crippen molar-refractivity contribution >= 4 is 44.2 Å². The first-order valence-corrected chi connectivity index (χ1v) is 12.2. The first-order chi connectivity index (χ1) is 15.0. The van der Waals surface area contributed by atoms with Gasteiger partial charge in [0.1, 0.15) is 0 Å². The summed E-state index contributed by atoms with van der Waals surface area (Å²) in [6.45, 7) is 0. The van der Waals surface area contributed by atoms with Crippen LogP contribution in [-0.4, -0.2) is 42.9 Å². The quantitative estimate of drug-likeness (QED) is 0.382. The Morgan fingerprint density at radius 3 is 2.44 bits per heavy atom. The van der Waals surface area contributed by atoms with E-state index in [9.17, 15) is 26.4 Å². The second-order valence-electron chi connectivity index (χ2n) is 6.63. The van der Waals surface area contributed by atoms with Crippen LogP contribution >= 0.6 is 23.1 Å². The van der Waals surface area contributed by atoms with E-state index in [1.165, 1.54) is 56.2 Å². The molecule has 170 valence electrons. The number of aromatic nitrogens is 2. The van der Waals surface area contributed by atoms with Crippen LogP contribution in [0.3, 0.4) is 0 Å². The van der Waals surface area contributed by atoms with Crippen molar-refractivity contribution < 1.29 is 26.4 Å². The molecule has 7 nitrogen and oxygen atoms in total.